The number of aliphatic carboxylic acids is 2. The normalized spacial score (nSPS) is 11.2. The number of carbonyl (C=O) groups is 2. The molecule has 0 saturated heterocycles. The Labute approximate surface area is 172 Å². The summed E-state index contributed by atoms with van der Waals surface area (Å²) in [4.78, 5) is 21.5. The van der Waals surface area contributed by atoms with Crippen molar-refractivity contribution in [2.75, 3.05) is 39.6 Å². The van der Waals surface area contributed by atoms with E-state index in [9.17, 15) is 19.8 Å². The number of carbonyl (C=O) groups excluding carboxylic acids is 2. The molecule has 0 aliphatic carbocycles. The summed E-state index contributed by atoms with van der Waals surface area (Å²) >= 11 is 0. The van der Waals surface area contributed by atoms with Crippen LogP contribution in [0.1, 0.15) is 38.5 Å². The standard InChI is InChI=1S/2C8H16O5.Pd/c2*9-4-1-8(2-5-10,3-6-11)7(12)13;/h2*9-11H,1-6H2,(H,12,13);/q;;+2/p-2. The van der Waals surface area contributed by atoms with Crippen LogP contribution < -0.4 is 10.2 Å². The minimum atomic E-state index is -1.33. The average Bonchev–Trinajstić information content (AvgIpc) is 2.56. The molecule has 0 radical (unpaired) electrons. The topological polar surface area (TPSA) is 202 Å². The molecule has 11 heteroatoms. The Morgan fingerprint density at radius 1 is 0.519 bits per heavy atom. The van der Waals surface area contributed by atoms with Crippen molar-refractivity contribution in [3.05, 3.63) is 0 Å². The van der Waals surface area contributed by atoms with E-state index in [-0.39, 0.29) is 98.6 Å². The van der Waals surface area contributed by atoms with Gasteiger partial charge in [-0.2, -0.15) is 0 Å². The van der Waals surface area contributed by atoms with Gasteiger partial charge in [0.15, 0.2) is 0 Å². The molecule has 0 rings (SSSR count). The Hall–Kier alpha value is -0.638. The van der Waals surface area contributed by atoms with Crippen LogP contribution in [0.25, 0.3) is 0 Å². The number of rotatable bonds is 14. The summed E-state index contributed by atoms with van der Waals surface area (Å²) in [6.45, 7) is -1.79. The second-order valence-electron chi connectivity index (χ2n) is 5.98. The summed E-state index contributed by atoms with van der Waals surface area (Å²) < 4.78 is 0. The van der Waals surface area contributed by atoms with Crippen LogP contribution in [0.3, 0.4) is 0 Å². The molecule has 27 heavy (non-hydrogen) atoms. The van der Waals surface area contributed by atoms with E-state index in [2.05, 4.69) is 0 Å². The van der Waals surface area contributed by atoms with Crippen LogP contribution in [-0.4, -0.2) is 82.2 Å². The van der Waals surface area contributed by atoms with Crippen LogP contribution in [-0.2, 0) is 30.0 Å². The smallest absolute Gasteiger partial charge is 0.550 e. The number of carboxylic acid groups (broad SMARTS) is 2. The first-order valence-corrected chi connectivity index (χ1v) is 8.34. The van der Waals surface area contributed by atoms with Crippen molar-refractivity contribution in [3.8, 4) is 0 Å². The van der Waals surface area contributed by atoms with E-state index in [0.717, 1.165) is 0 Å². The van der Waals surface area contributed by atoms with Crippen molar-refractivity contribution < 1.29 is 70.9 Å². The van der Waals surface area contributed by atoms with Gasteiger partial charge in [0.25, 0.3) is 0 Å². The molecule has 0 atom stereocenters. The Kier molecular flexibility index (Phi) is 20.1. The quantitative estimate of drug-likeness (QED) is 0.130. The first kappa shape index (κ1) is 31.1. The predicted molar refractivity (Wildman–Crippen MR) is 85.1 cm³/mol. The van der Waals surface area contributed by atoms with Gasteiger partial charge in [-0.05, 0) is 38.5 Å². The summed E-state index contributed by atoms with van der Waals surface area (Å²) in [6.07, 6.45) is -0.0211. The Morgan fingerprint density at radius 2 is 0.667 bits per heavy atom. The zero-order valence-corrected chi connectivity index (χ0v) is 16.7. The van der Waals surface area contributed by atoms with E-state index in [4.69, 9.17) is 30.6 Å². The van der Waals surface area contributed by atoms with E-state index in [1.54, 1.807) is 0 Å². The van der Waals surface area contributed by atoms with Crippen LogP contribution in [0.2, 0.25) is 0 Å². The molecule has 0 aromatic carbocycles. The van der Waals surface area contributed by atoms with Crippen molar-refractivity contribution in [2.24, 2.45) is 10.8 Å². The largest absolute Gasteiger partial charge is 2.00 e. The summed E-state index contributed by atoms with van der Waals surface area (Å²) in [5.74, 6) is -2.66. The molecule has 0 bridgehead atoms. The Morgan fingerprint density at radius 3 is 0.741 bits per heavy atom. The van der Waals surface area contributed by atoms with Crippen LogP contribution in [0, 0.1) is 10.8 Å². The van der Waals surface area contributed by atoms with E-state index in [1.807, 2.05) is 0 Å². The molecule has 0 aromatic rings. The van der Waals surface area contributed by atoms with Crippen LogP contribution in [0.15, 0.2) is 0 Å². The van der Waals surface area contributed by atoms with Gasteiger partial charge in [0.2, 0.25) is 0 Å². The molecule has 10 nitrogen and oxygen atoms in total. The van der Waals surface area contributed by atoms with Gasteiger partial charge in [-0.1, -0.05) is 0 Å². The van der Waals surface area contributed by atoms with Gasteiger partial charge >= 0.3 is 20.4 Å². The second-order valence-corrected chi connectivity index (χ2v) is 5.98. The maximum absolute atomic E-state index is 10.7. The van der Waals surface area contributed by atoms with Gasteiger partial charge in [-0.15, -0.1) is 0 Å². The summed E-state index contributed by atoms with van der Waals surface area (Å²) in [7, 11) is 0. The van der Waals surface area contributed by atoms with Gasteiger partial charge in [0.05, 0.1) is 0 Å². The molecule has 6 N–H and O–H groups in total. The molecule has 0 aliphatic rings. The maximum Gasteiger partial charge on any atom is 2.00 e. The summed E-state index contributed by atoms with van der Waals surface area (Å²) in [5, 5.41) is 73.4. The fourth-order valence-corrected chi connectivity index (χ4v) is 2.65. The summed E-state index contributed by atoms with van der Waals surface area (Å²) in [5.41, 5.74) is -2.59. The first-order chi connectivity index (χ1) is 12.3. The zero-order valence-electron chi connectivity index (χ0n) is 15.1. The molecule has 0 amide bonds. The van der Waals surface area contributed by atoms with Crippen molar-refractivity contribution in [1.82, 2.24) is 0 Å². The third-order valence-electron chi connectivity index (χ3n) is 4.41. The van der Waals surface area contributed by atoms with Gasteiger partial charge in [-0.3, -0.25) is 0 Å². The fraction of sp³-hybridized carbons (Fsp3) is 0.875. The van der Waals surface area contributed by atoms with Gasteiger partial charge in [0, 0.05) is 62.4 Å². The van der Waals surface area contributed by atoms with E-state index in [0.29, 0.717) is 0 Å². The maximum atomic E-state index is 10.7. The average molecular weight is 489 g/mol. The molecule has 0 aromatic heterocycles. The molecule has 0 spiro atoms. The van der Waals surface area contributed by atoms with Crippen molar-refractivity contribution in [1.29, 1.82) is 0 Å². The number of aliphatic hydroxyl groups excluding tert-OH is 6. The molecule has 0 unspecified atom stereocenters. The first-order valence-electron chi connectivity index (χ1n) is 8.34. The minimum Gasteiger partial charge on any atom is -0.550 e. The summed E-state index contributed by atoms with van der Waals surface area (Å²) in [6, 6.07) is 0. The van der Waals surface area contributed by atoms with Gasteiger partial charge in [0.1, 0.15) is 0 Å². The SMILES string of the molecule is O=C([O-])C(CCO)(CCO)CCO.O=C([O-])C(CCO)(CCO)CCO.[Pd+2]. The minimum absolute atomic E-state index is 0. The Balaban J connectivity index is -0.000000411. The van der Waals surface area contributed by atoms with E-state index >= 15 is 0 Å². The number of aliphatic hydroxyl groups is 6. The van der Waals surface area contributed by atoms with Crippen LogP contribution in [0.5, 0.6) is 0 Å². The molecular formula is C16H30O10Pd. The zero-order chi connectivity index (χ0) is 20.6. The molecule has 0 fully saturated rings. The number of hydrogen-bond donors (Lipinski definition) is 6. The number of carboxylic acids is 2. The second kappa shape index (κ2) is 17.5. The molecule has 0 aliphatic heterocycles. The van der Waals surface area contributed by atoms with Crippen LogP contribution in [0.4, 0.5) is 0 Å². The molecule has 164 valence electrons. The number of hydrogen-bond acceptors (Lipinski definition) is 10. The molecule has 0 heterocycles. The van der Waals surface area contributed by atoms with Crippen molar-refractivity contribution in [3.63, 3.8) is 0 Å². The third-order valence-corrected chi connectivity index (χ3v) is 4.41. The van der Waals surface area contributed by atoms with Gasteiger partial charge in [-0.25, -0.2) is 0 Å². The monoisotopic (exact) mass is 488 g/mol. The van der Waals surface area contributed by atoms with E-state index in [1.165, 1.54) is 0 Å². The van der Waals surface area contributed by atoms with Crippen molar-refractivity contribution in [2.45, 2.75) is 38.5 Å². The van der Waals surface area contributed by atoms with E-state index < -0.39 is 22.8 Å². The third kappa shape index (κ3) is 11.1. The predicted octanol–water partition coefficient (Wildman–Crippen LogP) is -4.26. The van der Waals surface area contributed by atoms with Gasteiger partial charge < -0.3 is 50.4 Å². The molecular weight excluding hydrogens is 459 g/mol. The van der Waals surface area contributed by atoms with Crippen molar-refractivity contribution >= 4 is 11.9 Å². The van der Waals surface area contributed by atoms with Crippen LogP contribution >= 0.6 is 0 Å². The fourth-order valence-electron chi connectivity index (χ4n) is 2.65. The Bertz CT molecular complexity index is 321. The molecule has 0 saturated carbocycles.